The second-order valence-corrected chi connectivity index (χ2v) is 5.48. The topological polar surface area (TPSA) is 47.3 Å². The van der Waals surface area contributed by atoms with E-state index in [-0.39, 0.29) is 5.41 Å². The molecular weight excluding hydrogens is 224 g/mol. The highest BCUT2D eigenvalue weighted by molar-refractivity contribution is 5.37. The first kappa shape index (κ1) is 15.0. The van der Waals surface area contributed by atoms with Crippen LogP contribution < -0.4 is 15.8 Å². The van der Waals surface area contributed by atoms with Crippen molar-refractivity contribution in [3.8, 4) is 5.75 Å². The second-order valence-electron chi connectivity index (χ2n) is 5.48. The first-order valence-electron chi connectivity index (χ1n) is 6.48. The Morgan fingerprint density at radius 3 is 2.50 bits per heavy atom. The van der Waals surface area contributed by atoms with E-state index in [9.17, 15) is 0 Å². The van der Waals surface area contributed by atoms with Crippen molar-refractivity contribution in [2.24, 2.45) is 11.1 Å². The Kier molecular flexibility index (Phi) is 5.17. The summed E-state index contributed by atoms with van der Waals surface area (Å²) in [7, 11) is 3.71. The number of nitrogens with one attached hydrogen (secondary N) is 1. The van der Waals surface area contributed by atoms with Gasteiger partial charge in [-0.15, -0.1) is 0 Å². The summed E-state index contributed by atoms with van der Waals surface area (Å²) in [5.74, 6) is 0.935. The summed E-state index contributed by atoms with van der Waals surface area (Å²) in [5.41, 5.74) is 8.29. The van der Waals surface area contributed by atoms with Crippen LogP contribution in [0.4, 0.5) is 0 Å². The normalized spacial score (nSPS) is 13.4. The number of methoxy groups -OCH3 is 1. The van der Waals surface area contributed by atoms with Crippen LogP contribution in [0.5, 0.6) is 5.75 Å². The zero-order valence-corrected chi connectivity index (χ0v) is 12.2. The summed E-state index contributed by atoms with van der Waals surface area (Å²) >= 11 is 0. The fourth-order valence-corrected chi connectivity index (χ4v) is 2.61. The monoisotopic (exact) mass is 250 g/mol. The molecule has 0 aliphatic carbocycles. The van der Waals surface area contributed by atoms with E-state index < -0.39 is 0 Å². The minimum absolute atomic E-state index is 0.129. The lowest BCUT2D eigenvalue weighted by Crippen LogP contribution is -2.33. The molecule has 0 heterocycles. The Bertz CT molecular complexity index is 388. The van der Waals surface area contributed by atoms with Crippen molar-refractivity contribution in [3.63, 3.8) is 0 Å². The lowest BCUT2D eigenvalue weighted by Gasteiger charge is -2.34. The van der Waals surface area contributed by atoms with Crippen molar-refractivity contribution in [2.45, 2.75) is 33.2 Å². The van der Waals surface area contributed by atoms with Crippen molar-refractivity contribution >= 4 is 0 Å². The highest BCUT2D eigenvalue weighted by atomic mass is 16.5. The predicted molar refractivity (Wildman–Crippen MR) is 77.0 cm³/mol. The number of aryl methyl sites for hydroxylation is 1. The summed E-state index contributed by atoms with van der Waals surface area (Å²) in [5, 5.41) is 3.41. The number of ether oxygens (including phenoxy) is 1. The highest BCUT2D eigenvalue weighted by Crippen LogP contribution is 2.37. The quantitative estimate of drug-likeness (QED) is 0.816. The lowest BCUT2D eigenvalue weighted by atomic mass is 9.77. The minimum Gasteiger partial charge on any atom is -0.496 e. The van der Waals surface area contributed by atoms with Gasteiger partial charge in [-0.2, -0.15) is 0 Å². The number of hydrogen-bond acceptors (Lipinski definition) is 3. The Balaban J connectivity index is 3.05. The molecule has 1 rings (SSSR count). The van der Waals surface area contributed by atoms with Crippen LogP contribution in [0, 0.1) is 12.3 Å². The Labute approximate surface area is 111 Å². The molecule has 1 atom stereocenters. The Morgan fingerprint density at radius 2 is 2.06 bits per heavy atom. The van der Waals surface area contributed by atoms with Gasteiger partial charge in [0.25, 0.3) is 0 Å². The fraction of sp³-hybridized carbons (Fsp3) is 0.600. The van der Waals surface area contributed by atoms with Crippen molar-refractivity contribution in [1.82, 2.24) is 5.32 Å². The molecule has 18 heavy (non-hydrogen) atoms. The van der Waals surface area contributed by atoms with Crippen molar-refractivity contribution in [2.75, 3.05) is 20.7 Å². The lowest BCUT2D eigenvalue weighted by molar-refractivity contribution is 0.239. The molecule has 3 N–H and O–H groups in total. The van der Waals surface area contributed by atoms with Gasteiger partial charge in [-0.25, -0.2) is 0 Å². The number of benzene rings is 1. The van der Waals surface area contributed by atoms with Crippen LogP contribution in [0.3, 0.4) is 0 Å². The maximum Gasteiger partial charge on any atom is 0.121 e. The van der Waals surface area contributed by atoms with Gasteiger partial charge in [0.05, 0.1) is 7.11 Å². The van der Waals surface area contributed by atoms with Gasteiger partial charge in [0.1, 0.15) is 5.75 Å². The van der Waals surface area contributed by atoms with Crippen LogP contribution in [0.25, 0.3) is 0 Å². The van der Waals surface area contributed by atoms with Gasteiger partial charge in [0.2, 0.25) is 0 Å². The summed E-state index contributed by atoms with van der Waals surface area (Å²) in [6.07, 6.45) is 0.990. The highest BCUT2D eigenvalue weighted by Gasteiger charge is 2.29. The van der Waals surface area contributed by atoms with Crippen LogP contribution in [-0.4, -0.2) is 20.7 Å². The third-order valence-electron chi connectivity index (χ3n) is 3.61. The van der Waals surface area contributed by atoms with Crippen molar-refractivity contribution < 1.29 is 4.74 Å². The van der Waals surface area contributed by atoms with E-state index in [1.165, 1.54) is 11.1 Å². The SMILES string of the molecule is CNC(c1ccc(OC)c(C)c1)C(C)(C)CCN. The molecule has 0 aliphatic rings. The molecule has 1 unspecified atom stereocenters. The molecule has 0 spiro atoms. The van der Waals surface area contributed by atoms with Crippen LogP contribution in [0.2, 0.25) is 0 Å². The van der Waals surface area contributed by atoms with E-state index in [0.29, 0.717) is 12.6 Å². The van der Waals surface area contributed by atoms with E-state index in [0.717, 1.165) is 12.2 Å². The van der Waals surface area contributed by atoms with Crippen molar-refractivity contribution in [1.29, 1.82) is 0 Å². The van der Waals surface area contributed by atoms with Gasteiger partial charge < -0.3 is 15.8 Å². The first-order chi connectivity index (χ1) is 8.46. The van der Waals surface area contributed by atoms with Gasteiger partial charge in [-0.3, -0.25) is 0 Å². The molecule has 102 valence electrons. The van der Waals surface area contributed by atoms with Crippen LogP contribution in [-0.2, 0) is 0 Å². The molecule has 1 aromatic rings. The van der Waals surface area contributed by atoms with Gasteiger partial charge >= 0.3 is 0 Å². The molecule has 0 bridgehead atoms. The summed E-state index contributed by atoms with van der Waals surface area (Å²) in [6, 6.07) is 6.66. The van der Waals surface area contributed by atoms with E-state index >= 15 is 0 Å². The Morgan fingerprint density at radius 1 is 1.39 bits per heavy atom. The van der Waals surface area contributed by atoms with E-state index in [2.05, 4.69) is 38.2 Å². The summed E-state index contributed by atoms with van der Waals surface area (Å²) in [6.45, 7) is 7.28. The van der Waals surface area contributed by atoms with E-state index in [1.807, 2.05) is 13.1 Å². The summed E-state index contributed by atoms with van der Waals surface area (Å²) < 4.78 is 5.31. The third kappa shape index (κ3) is 3.24. The summed E-state index contributed by atoms with van der Waals surface area (Å²) in [4.78, 5) is 0. The van der Waals surface area contributed by atoms with Crippen LogP contribution in [0.1, 0.15) is 37.4 Å². The minimum atomic E-state index is 0.129. The third-order valence-corrected chi connectivity index (χ3v) is 3.61. The second kappa shape index (κ2) is 6.21. The zero-order valence-electron chi connectivity index (χ0n) is 12.2. The van der Waals surface area contributed by atoms with E-state index in [1.54, 1.807) is 7.11 Å². The van der Waals surface area contributed by atoms with E-state index in [4.69, 9.17) is 10.5 Å². The molecule has 0 aromatic heterocycles. The average molecular weight is 250 g/mol. The first-order valence-corrected chi connectivity index (χ1v) is 6.48. The standard InChI is InChI=1S/C15H26N2O/c1-11-10-12(6-7-13(11)18-5)14(17-4)15(2,3)8-9-16/h6-7,10,14,17H,8-9,16H2,1-5H3. The molecule has 0 saturated carbocycles. The zero-order chi connectivity index (χ0) is 13.8. The number of nitrogens with two attached hydrogens (primary N) is 1. The molecule has 0 aliphatic heterocycles. The smallest absolute Gasteiger partial charge is 0.121 e. The number of rotatable bonds is 6. The molecule has 0 saturated heterocycles. The fourth-order valence-electron chi connectivity index (χ4n) is 2.61. The van der Waals surface area contributed by atoms with Gasteiger partial charge in [0, 0.05) is 6.04 Å². The molecule has 0 radical (unpaired) electrons. The largest absolute Gasteiger partial charge is 0.496 e. The maximum absolute atomic E-state index is 5.71. The molecule has 0 fully saturated rings. The molecule has 3 nitrogen and oxygen atoms in total. The molecule has 1 aromatic carbocycles. The molecule has 3 heteroatoms. The number of hydrogen-bond donors (Lipinski definition) is 2. The van der Waals surface area contributed by atoms with Crippen molar-refractivity contribution in [3.05, 3.63) is 29.3 Å². The maximum atomic E-state index is 5.71. The van der Waals surface area contributed by atoms with Crippen LogP contribution in [0.15, 0.2) is 18.2 Å². The average Bonchev–Trinajstić information content (AvgIpc) is 2.29. The van der Waals surface area contributed by atoms with Gasteiger partial charge in [-0.1, -0.05) is 26.0 Å². The Hall–Kier alpha value is -1.06. The molecular formula is C15H26N2O. The molecule has 0 amide bonds. The van der Waals surface area contributed by atoms with Crippen LogP contribution >= 0.6 is 0 Å². The predicted octanol–water partition coefficient (Wildman–Crippen LogP) is 2.64. The van der Waals surface area contributed by atoms with Gasteiger partial charge in [-0.05, 0) is 49.5 Å². The van der Waals surface area contributed by atoms with Gasteiger partial charge in [0.15, 0.2) is 0 Å².